The number of carbonyl (C=O) groups excluding carboxylic acids is 2. The molecule has 148 valence electrons. The van der Waals surface area contributed by atoms with Crippen molar-refractivity contribution < 1.29 is 19.1 Å². The molecule has 3 rings (SSSR count). The molecule has 1 saturated heterocycles. The molecular weight excluding hydrogens is 384 g/mol. The summed E-state index contributed by atoms with van der Waals surface area (Å²) >= 11 is 5.88. The molecule has 0 saturated carbocycles. The minimum absolute atomic E-state index is 0.232. The van der Waals surface area contributed by atoms with Crippen LogP contribution >= 0.6 is 11.6 Å². The monoisotopic (exact) mass is 404 g/mol. The quantitative estimate of drug-likeness (QED) is 0.677. The second kappa shape index (κ2) is 9.36. The Bertz CT molecular complexity index is 826. The average Bonchev–Trinajstić information content (AvgIpc) is 2.72. The maximum absolute atomic E-state index is 12.3. The van der Waals surface area contributed by atoms with Crippen LogP contribution in [0.1, 0.15) is 5.56 Å². The molecule has 1 amide bonds. The molecule has 9 heteroatoms. The average molecular weight is 405 g/mol. The summed E-state index contributed by atoms with van der Waals surface area (Å²) in [5.41, 5.74) is 0.816. The van der Waals surface area contributed by atoms with Gasteiger partial charge in [0.2, 0.25) is 5.95 Å². The Morgan fingerprint density at radius 3 is 2.50 bits per heavy atom. The molecule has 0 bridgehead atoms. The number of esters is 1. The first-order valence-corrected chi connectivity index (χ1v) is 9.25. The number of ether oxygens (including phenoxy) is 2. The number of halogens is 1. The zero-order valence-electron chi connectivity index (χ0n) is 15.5. The number of nitrogens with zero attached hydrogens (tertiary/aromatic N) is 4. The van der Waals surface area contributed by atoms with E-state index in [1.807, 2.05) is 11.8 Å². The summed E-state index contributed by atoms with van der Waals surface area (Å²) in [4.78, 5) is 36.2. The topological polar surface area (TPSA) is 84.9 Å². The minimum Gasteiger partial charge on any atom is -0.482 e. The lowest BCUT2D eigenvalue weighted by molar-refractivity contribution is -0.153. The van der Waals surface area contributed by atoms with Crippen LogP contribution in [0, 0.1) is 6.92 Å². The number of hydrogen-bond donors (Lipinski definition) is 0. The van der Waals surface area contributed by atoms with Gasteiger partial charge in [-0.05, 0) is 36.8 Å². The summed E-state index contributed by atoms with van der Waals surface area (Å²) in [5.74, 6) is 0.367. The Morgan fingerprint density at radius 2 is 1.82 bits per heavy atom. The first-order valence-electron chi connectivity index (χ1n) is 8.87. The number of rotatable bonds is 6. The number of aromatic nitrogens is 2. The predicted molar refractivity (Wildman–Crippen MR) is 103 cm³/mol. The van der Waals surface area contributed by atoms with Crippen molar-refractivity contribution in [3.63, 3.8) is 0 Å². The zero-order chi connectivity index (χ0) is 19.9. The number of amides is 1. The number of hydrogen-bond acceptors (Lipinski definition) is 7. The number of aryl methyl sites for hydroxylation is 1. The van der Waals surface area contributed by atoms with E-state index in [2.05, 4.69) is 9.97 Å². The maximum Gasteiger partial charge on any atom is 0.344 e. The van der Waals surface area contributed by atoms with E-state index in [1.54, 1.807) is 41.6 Å². The number of piperazine rings is 1. The van der Waals surface area contributed by atoms with Crippen LogP contribution in [-0.2, 0) is 14.3 Å². The second-order valence-electron chi connectivity index (χ2n) is 6.28. The molecule has 1 aliphatic rings. The predicted octanol–water partition coefficient (Wildman–Crippen LogP) is 1.71. The molecule has 0 atom stereocenters. The van der Waals surface area contributed by atoms with Crippen LogP contribution in [0.25, 0.3) is 0 Å². The van der Waals surface area contributed by atoms with Gasteiger partial charge in [0.15, 0.2) is 13.2 Å². The van der Waals surface area contributed by atoms with E-state index in [1.165, 1.54) is 0 Å². The van der Waals surface area contributed by atoms with Gasteiger partial charge in [-0.1, -0.05) is 11.6 Å². The smallest absolute Gasteiger partial charge is 0.344 e. The molecule has 0 spiro atoms. The Hall–Kier alpha value is -2.87. The summed E-state index contributed by atoms with van der Waals surface area (Å²) < 4.78 is 10.5. The summed E-state index contributed by atoms with van der Waals surface area (Å²) in [6.45, 7) is 3.56. The van der Waals surface area contributed by atoms with Crippen molar-refractivity contribution in [3.8, 4) is 5.75 Å². The lowest BCUT2D eigenvalue weighted by atomic mass is 10.2. The molecule has 1 fully saturated rings. The van der Waals surface area contributed by atoms with Gasteiger partial charge in [0.05, 0.1) is 0 Å². The van der Waals surface area contributed by atoms with E-state index in [4.69, 9.17) is 21.1 Å². The molecule has 1 aromatic heterocycles. The third kappa shape index (κ3) is 5.32. The molecule has 2 heterocycles. The van der Waals surface area contributed by atoms with Crippen LogP contribution in [0.3, 0.4) is 0 Å². The standard InChI is InChI=1S/C19H21ClN4O4/c1-14-11-15(20)3-4-16(14)27-13-18(26)28-12-17(25)23-7-9-24(10-8-23)19-21-5-2-6-22-19/h2-6,11H,7-10,12-13H2,1H3. The highest BCUT2D eigenvalue weighted by molar-refractivity contribution is 6.30. The zero-order valence-corrected chi connectivity index (χ0v) is 16.3. The van der Waals surface area contributed by atoms with Gasteiger partial charge in [-0.2, -0.15) is 0 Å². The number of carbonyl (C=O) groups is 2. The summed E-state index contributed by atoms with van der Waals surface area (Å²) in [6.07, 6.45) is 3.37. The molecule has 1 aliphatic heterocycles. The van der Waals surface area contributed by atoms with Crippen molar-refractivity contribution in [2.45, 2.75) is 6.92 Å². The second-order valence-corrected chi connectivity index (χ2v) is 6.71. The Kier molecular flexibility index (Phi) is 6.65. The van der Waals surface area contributed by atoms with Crippen molar-refractivity contribution in [1.82, 2.24) is 14.9 Å². The minimum atomic E-state index is -0.598. The van der Waals surface area contributed by atoms with Gasteiger partial charge in [-0.25, -0.2) is 14.8 Å². The van der Waals surface area contributed by atoms with Crippen LogP contribution in [0.15, 0.2) is 36.7 Å². The fraction of sp³-hybridized carbons (Fsp3) is 0.368. The first kappa shape index (κ1) is 19.9. The highest BCUT2D eigenvalue weighted by Gasteiger charge is 2.23. The maximum atomic E-state index is 12.3. The van der Waals surface area contributed by atoms with Gasteiger partial charge < -0.3 is 19.3 Å². The number of anilines is 1. The molecule has 0 radical (unpaired) electrons. The highest BCUT2D eigenvalue weighted by atomic mass is 35.5. The van der Waals surface area contributed by atoms with E-state index < -0.39 is 5.97 Å². The van der Waals surface area contributed by atoms with Gasteiger partial charge in [0.25, 0.3) is 5.91 Å². The van der Waals surface area contributed by atoms with Crippen LogP contribution in [0.4, 0.5) is 5.95 Å². The lowest BCUT2D eigenvalue weighted by Crippen LogP contribution is -2.50. The SMILES string of the molecule is Cc1cc(Cl)ccc1OCC(=O)OCC(=O)N1CCN(c2ncccn2)CC1. The van der Waals surface area contributed by atoms with Gasteiger partial charge in [-0.15, -0.1) is 0 Å². The highest BCUT2D eigenvalue weighted by Crippen LogP contribution is 2.21. The summed E-state index contributed by atoms with van der Waals surface area (Å²) in [7, 11) is 0. The van der Waals surface area contributed by atoms with E-state index in [-0.39, 0.29) is 19.1 Å². The van der Waals surface area contributed by atoms with Crippen molar-refractivity contribution in [2.24, 2.45) is 0 Å². The van der Waals surface area contributed by atoms with E-state index in [0.717, 1.165) is 5.56 Å². The molecule has 1 aromatic carbocycles. The fourth-order valence-corrected chi connectivity index (χ4v) is 3.02. The van der Waals surface area contributed by atoms with Crippen LogP contribution in [0.5, 0.6) is 5.75 Å². The molecule has 2 aromatic rings. The van der Waals surface area contributed by atoms with E-state index in [9.17, 15) is 9.59 Å². The third-order valence-electron chi connectivity index (χ3n) is 4.31. The van der Waals surface area contributed by atoms with E-state index in [0.29, 0.717) is 42.9 Å². The first-order chi connectivity index (χ1) is 13.5. The van der Waals surface area contributed by atoms with Crippen molar-refractivity contribution in [2.75, 3.05) is 44.3 Å². The van der Waals surface area contributed by atoms with Gasteiger partial charge in [0.1, 0.15) is 5.75 Å². The molecule has 8 nitrogen and oxygen atoms in total. The van der Waals surface area contributed by atoms with Gasteiger partial charge in [0, 0.05) is 43.6 Å². The van der Waals surface area contributed by atoms with Crippen molar-refractivity contribution in [1.29, 1.82) is 0 Å². The van der Waals surface area contributed by atoms with Gasteiger partial charge in [-0.3, -0.25) is 4.79 Å². The normalized spacial score (nSPS) is 13.9. The van der Waals surface area contributed by atoms with E-state index >= 15 is 0 Å². The molecule has 0 N–H and O–H groups in total. The molecule has 28 heavy (non-hydrogen) atoms. The third-order valence-corrected chi connectivity index (χ3v) is 4.54. The summed E-state index contributed by atoms with van der Waals surface area (Å²) in [5, 5.41) is 0.594. The Labute approximate surface area is 168 Å². The molecule has 0 unspecified atom stereocenters. The largest absolute Gasteiger partial charge is 0.482 e. The van der Waals surface area contributed by atoms with Gasteiger partial charge >= 0.3 is 5.97 Å². The van der Waals surface area contributed by atoms with Crippen LogP contribution < -0.4 is 9.64 Å². The summed E-state index contributed by atoms with van der Waals surface area (Å²) in [6, 6.07) is 6.87. The molecule has 0 aliphatic carbocycles. The van der Waals surface area contributed by atoms with Crippen molar-refractivity contribution in [3.05, 3.63) is 47.2 Å². The van der Waals surface area contributed by atoms with Crippen LogP contribution in [0.2, 0.25) is 5.02 Å². The number of benzene rings is 1. The van der Waals surface area contributed by atoms with Crippen molar-refractivity contribution >= 4 is 29.4 Å². The fourth-order valence-electron chi connectivity index (χ4n) is 2.80. The Morgan fingerprint density at radius 1 is 1.11 bits per heavy atom. The molecular formula is C19H21ClN4O4. The van der Waals surface area contributed by atoms with Crippen LogP contribution in [-0.4, -0.2) is 66.1 Å². The lowest BCUT2D eigenvalue weighted by Gasteiger charge is -2.34. The Balaban J connectivity index is 1.39.